The van der Waals surface area contributed by atoms with Crippen molar-refractivity contribution in [1.29, 1.82) is 0 Å². The molecule has 0 bridgehead atoms. The van der Waals surface area contributed by atoms with Crippen LogP contribution in [0.4, 0.5) is 5.69 Å². The third-order valence-electron chi connectivity index (χ3n) is 2.53. The molecule has 1 amide bonds. The number of hydrogen-bond donors (Lipinski definition) is 1. The van der Waals surface area contributed by atoms with Gasteiger partial charge in [-0.05, 0) is 25.0 Å². The van der Waals surface area contributed by atoms with Crippen molar-refractivity contribution >= 4 is 23.2 Å². The SMILES string of the molecule is COc1ccc(Cl)c2c1CCCC(=O)N2. The molecule has 1 aliphatic rings. The van der Waals surface area contributed by atoms with Crippen LogP contribution in [-0.4, -0.2) is 13.0 Å². The number of anilines is 1. The van der Waals surface area contributed by atoms with Crippen LogP contribution in [0, 0.1) is 0 Å². The zero-order chi connectivity index (χ0) is 10.8. The van der Waals surface area contributed by atoms with Crippen molar-refractivity contribution in [2.45, 2.75) is 19.3 Å². The monoisotopic (exact) mass is 225 g/mol. The summed E-state index contributed by atoms with van der Waals surface area (Å²) in [4.78, 5) is 11.4. The van der Waals surface area contributed by atoms with Gasteiger partial charge in [0, 0.05) is 12.0 Å². The van der Waals surface area contributed by atoms with Crippen LogP contribution in [0.1, 0.15) is 18.4 Å². The normalized spacial score (nSPS) is 15.2. The molecule has 0 radical (unpaired) electrons. The standard InChI is InChI=1S/C11H12ClNO2/c1-15-9-6-5-8(12)11-7(9)3-2-4-10(14)13-11/h5-6H,2-4H2,1H3,(H,13,14). The Kier molecular flexibility index (Phi) is 2.82. The van der Waals surface area contributed by atoms with Crippen molar-refractivity contribution < 1.29 is 9.53 Å². The lowest BCUT2D eigenvalue weighted by atomic mass is 10.1. The van der Waals surface area contributed by atoms with E-state index in [0.717, 1.165) is 24.2 Å². The second-order valence-electron chi connectivity index (χ2n) is 3.50. The highest BCUT2D eigenvalue weighted by Crippen LogP contribution is 2.36. The predicted octanol–water partition coefficient (Wildman–Crippen LogP) is 2.62. The Morgan fingerprint density at radius 2 is 2.20 bits per heavy atom. The molecule has 80 valence electrons. The summed E-state index contributed by atoms with van der Waals surface area (Å²) in [5.41, 5.74) is 1.70. The number of nitrogens with one attached hydrogen (secondary N) is 1. The summed E-state index contributed by atoms with van der Waals surface area (Å²) in [5, 5.41) is 3.38. The zero-order valence-electron chi connectivity index (χ0n) is 8.47. The van der Waals surface area contributed by atoms with E-state index >= 15 is 0 Å². The molecular formula is C11H12ClNO2. The first-order valence-corrected chi connectivity index (χ1v) is 5.25. The van der Waals surface area contributed by atoms with Crippen LogP contribution in [0.2, 0.25) is 5.02 Å². The van der Waals surface area contributed by atoms with Gasteiger partial charge in [-0.2, -0.15) is 0 Å². The van der Waals surface area contributed by atoms with E-state index in [1.165, 1.54) is 0 Å². The third kappa shape index (κ3) is 1.92. The smallest absolute Gasteiger partial charge is 0.224 e. The van der Waals surface area contributed by atoms with Crippen LogP contribution >= 0.6 is 11.6 Å². The van der Waals surface area contributed by atoms with Crippen LogP contribution in [0.15, 0.2) is 12.1 Å². The second kappa shape index (κ2) is 4.11. The number of carbonyl (C=O) groups is 1. The Bertz CT molecular complexity index is 404. The minimum absolute atomic E-state index is 0.0175. The van der Waals surface area contributed by atoms with Crippen LogP contribution in [0.5, 0.6) is 5.75 Å². The summed E-state index contributed by atoms with van der Waals surface area (Å²) in [5.74, 6) is 0.806. The van der Waals surface area contributed by atoms with Crippen molar-refractivity contribution in [2.75, 3.05) is 12.4 Å². The van der Waals surface area contributed by atoms with Crippen molar-refractivity contribution in [1.82, 2.24) is 0 Å². The number of fused-ring (bicyclic) bond motifs is 1. The number of rotatable bonds is 1. The van der Waals surface area contributed by atoms with E-state index < -0.39 is 0 Å². The van der Waals surface area contributed by atoms with Crippen molar-refractivity contribution in [3.05, 3.63) is 22.7 Å². The molecule has 1 heterocycles. The fraction of sp³-hybridized carbons (Fsp3) is 0.364. The van der Waals surface area contributed by atoms with Crippen LogP contribution < -0.4 is 10.1 Å². The summed E-state index contributed by atoms with van der Waals surface area (Å²) in [6.45, 7) is 0. The molecule has 1 aromatic rings. The molecule has 0 spiro atoms. The van der Waals surface area contributed by atoms with E-state index in [4.69, 9.17) is 16.3 Å². The predicted molar refractivity (Wildman–Crippen MR) is 59.6 cm³/mol. The number of amides is 1. The lowest BCUT2D eigenvalue weighted by Crippen LogP contribution is -2.09. The Morgan fingerprint density at radius 1 is 1.40 bits per heavy atom. The van der Waals surface area contributed by atoms with E-state index in [0.29, 0.717) is 17.1 Å². The molecule has 1 aliphatic heterocycles. The minimum atomic E-state index is 0.0175. The first-order valence-electron chi connectivity index (χ1n) is 4.87. The van der Waals surface area contributed by atoms with Crippen molar-refractivity contribution in [2.24, 2.45) is 0 Å². The molecule has 0 unspecified atom stereocenters. The minimum Gasteiger partial charge on any atom is -0.496 e. The van der Waals surface area contributed by atoms with Gasteiger partial charge in [0.2, 0.25) is 5.91 Å². The van der Waals surface area contributed by atoms with Gasteiger partial charge in [0.05, 0.1) is 17.8 Å². The number of benzene rings is 1. The van der Waals surface area contributed by atoms with Gasteiger partial charge in [-0.15, -0.1) is 0 Å². The fourth-order valence-electron chi connectivity index (χ4n) is 1.80. The number of hydrogen-bond acceptors (Lipinski definition) is 2. The van der Waals surface area contributed by atoms with Gasteiger partial charge < -0.3 is 10.1 Å². The molecule has 0 aromatic heterocycles. The third-order valence-corrected chi connectivity index (χ3v) is 2.85. The summed E-state index contributed by atoms with van der Waals surface area (Å²) in [7, 11) is 1.62. The molecule has 2 rings (SSSR count). The molecule has 1 aromatic carbocycles. The zero-order valence-corrected chi connectivity index (χ0v) is 9.23. The van der Waals surface area contributed by atoms with Crippen LogP contribution in [0.25, 0.3) is 0 Å². The van der Waals surface area contributed by atoms with E-state index in [1.807, 2.05) is 6.07 Å². The van der Waals surface area contributed by atoms with Gasteiger partial charge >= 0.3 is 0 Å². The summed E-state index contributed by atoms with van der Waals surface area (Å²) in [6.07, 6.45) is 2.18. The summed E-state index contributed by atoms with van der Waals surface area (Å²) < 4.78 is 5.25. The summed E-state index contributed by atoms with van der Waals surface area (Å²) >= 11 is 6.04. The highest BCUT2D eigenvalue weighted by molar-refractivity contribution is 6.34. The van der Waals surface area contributed by atoms with E-state index in [-0.39, 0.29) is 5.91 Å². The quantitative estimate of drug-likeness (QED) is 0.798. The van der Waals surface area contributed by atoms with E-state index in [1.54, 1.807) is 13.2 Å². The van der Waals surface area contributed by atoms with Crippen molar-refractivity contribution in [3.63, 3.8) is 0 Å². The van der Waals surface area contributed by atoms with Gasteiger partial charge in [0.25, 0.3) is 0 Å². The molecule has 0 saturated carbocycles. The van der Waals surface area contributed by atoms with E-state index in [2.05, 4.69) is 5.32 Å². The molecule has 0 fully saturated rings. The maximum absolute atomic E-state index is 11.4. The largest absolute Gasteiger partial charge is 0.496 e. The molecule has 3 nitrogen and oxygen atoms in total. The molecule has 0 atom stereocenters. The lowest BCUT2D eigenvalue weighted by molar-refractivity contribution is -0.116. The van der Waals surface area contributed by atoms with Gasteiger partial charge in [0.15, 0.2) is 0 Å². The highest BCUT2D eigenvalue weighted by Gasteiger charge is 2.18. The van der Waals surface area contributed by atoms with Gasteiger partial charge in [-0.1, -0.05) is 11.6 Å². The molecule has 0 saturated heterocycles. The number of ether oxygens (including phenoxy) is 1. The molecule has 15 heavy (non-hydrogen) atoms. The molecule has 4 heteroatoms. The molecule has 0 aliphatic carbocycles. The lowest BCUT2D eigenvalue weighted by Gasteiger charge is -2.12. The first kappa shape index (κ1) is 10.3. The number of methoxy groups -OCH3 is 1. The summed E-state index contributed by atoms with van der Waals surface area (Å²) in [6, 6.07) is 3.57. The van der Waals surface area contributed by atoms with E-state index in [9.17, 15) is 4.79 Å². The van der Waals surface area contributed by atoms with Crippen LogP contribution in [0.3, 0.4) is 0 Å². The molecule has 1 N–H and O–H groups in total. The average Bonchev–Trinajstić information content (AvgIpc) is 2.41. The first-order chi connectivity index (χ1) is 7.22. The average molecular weight is 226 g/mol. The fourth-order valence-corrected chi connectivity index (χ4v) is 2.03. The Balaban J connectivity index is 2.52. The second-order valence-corrected chi connectivity index (χ2v) is 3.91. The van der Waals surface area contributed by atoms with Crippen LogP contribution in [-0.2, 0) is 11.2 Å². The molecular weight excluding hydrogens is 214 g/mol. The van der Waals surface area contributed by atoms with Gasteiger partial charge in [0.1, 0.15) is 5.75 Å². The number of halogens is 1. The number of carbonyl (C=O) groups excluding carboxylic acids is 1. The Labute approximate surface area is 93.4 Å². The Morgan fingerprint density at radius 3 is 2.93 bits per heavy atom. The highest BCUT2D eigenvalue weighted by atomic mass is 35.5. The maximum Gasteiger partial charge on any atom is 0.224 e. The van der Waals surface area contributed by atoms with Crippen molar-refractivity contribution in [3.8, 4) is 5.75 Å². The maximum atomic E-state index is 11.4. The van der Waals surface area contributed by atoms with Gasteiger partial charge in [-0.25, -0.2) is 0 Å². The Hall–Kier alpha value is -1.22. The van der Waals surface area contributed by atoms with Gasteiger partial charge in [-0.3, -0.25) is 4.79 Å². The topological polar surface area (TPSA) is 38.3 Å².